The van der Waals surface area contributed by atoms with Crippen LogP contribution in [0.5, 0.6) is 0 Å². The molecule has 0 fully saturated rings. The molecule has 0 aliphatic rings. The van der Waals surface area contributed by atoms with E-state index in [9.17, 15) is 0 Å². The van der Waals surface area contributed by atoms with Gasteiger partial charge < -0.3 is 4.57 Å². The molecule has 1 heterocycles. The Balaban J connectivity index is 3.40. The van der Waals surface area contributed by atoms with E-state index >= 15 is 0 Å². The van der Waals surface area contributed by atoms with Gasteiger partial charge in [0.05, 0.1) is 0 Å². The summed E-state index contributed by atoms with van der Waals surface area (Å²) in [6.45, 7) is 3.66. The predicted octanol–water partition coefficient (Wildman–Crippen LogP) is 1.88. The van der Waals surface area contributed by atoms with Gasteiger partial charge in [-0.25, -0.2) is 0 Å². The van der Waals surface area contributed by atoms with Gasteiger partial charge in [0.15, 0.2) is 0 Å². The molecule has 0 bridgehead atoms. The SMILES string of the molecule is C=Cn1cc(Br)cc/c1=N/C. The molecule has 1 aromatic heterocycles. The minimum atomic E-state index is 0.892. The van der Waals surface area contributed by atoms with Gasteiger partial charge in [0.25, 0.3) is 0 Å². The molecule has 58 valence electrons. The maximum Gasteiger partial charge on any atom is 0.131 e. The molecule has 0 saturated carbocycles. The van der Waals surface area contributed by atoms with Crippen molar-refractivity contribution in [3.8, 4) is 0 Å². The van der Waals surface area contributed by atoms with Gasteiger partial charge in [-0.1, -0.05) is 6.58 Å². The molecular formula is C8H9BrN2. The van der Waals surface area contributed by atoms with Gasteiger partial charge in [0.1, 0.15) is 5.49 Å². The van der Waals surface area contributed by atoms with E-state index in [1.165, 1.54) is 0 Å². The summed E-state index contributed by atoms with van der Waals surface area (Å²) in [5.74, 6) is 0. The van der Waals surface area contributed by atoms with Crippen LogP contribution in [0.2, 0.25) is 0 Å². The summed E-state index contributed by atoms with van der Waals surface area (Å²) in [4.78, 5) is 4.05. The van der Waals surface area contributed by atoms with Gasteiger partial charge in [-0.15, -0.1) is 0 Å². The van der Waals surface area contributed by atoms with Crippen molar-refractivity contribution < 1.29 is 0 Å². The Morgan fingerprint density at radius 1 is 1.64 bits per heavy atom. The van der Waals surface area contributed by atoms with Crippen LogP contribution in [-0.2, 0) is 0 Å². The van der Waals surface area contributed by atoms with Crippen molar-refractivity contribution in [1.29, 1.82) is 0 Å². The molecule has 0 saturated heterocycles. The van der Waals surface area contributed by atoms with Crippen LogP contribution in [0.15, 0.2) is 34.4 Å². The number of nitrogens with zero attached hydrogens (tertiary/aromatic N) is 2. The van der Waals surface area contributed by atoms with E-state index in [0.29, 0.717) is 0 Å². The molecule has 0 amide bonds. The minimum Gasteiger partial charge on any atom is -0.308 e. The van der Waals surface area contributed by atoms with Crippen molar-refractivity contribution in [3.63, 3.8) is 0 Å². The van der Waals surface area contributed by atoms with E-state index < -0.39 is 0 Å². The Morgan fingerprint density at radius 3 is 2.91 bits per heavy atom. The lowest BCUT2D eigenvalue weighted by Gasteiger charge is -1.99. The van der Waals surface area contributed by atoms with Crippen LogP contribution in [0.4, 0.5) is 0 Å². The molecule has 0 spiro atoms. The van der Waals surface area contributed by atoms with Gasteiger partial charge in [0.2, 0.25) is 0 Å². The molecular weight excluding hydrogens is 204 g/mol. The highest BCUT2D eigenvalue weighted by molar-refractivity contribution is 9.10. The predicted molar refractivity (Wildman–Crippen MR) is 50.0 cm³/mol. The first kappa shape index (κ1) is 8.27. The fourth-order valence-corrected chi connectivity index (χ4v) is 1.17. The molecule has 0 radical (unpaired) electrons. The number of aromatic nitrogens is 1. The van der Waals surface area contributed by atoms with Crippen LogP contribution < -0.4 is 5.49 Å². The van der Waals surface area contributed by atoms with Crippen molar-refractivity contribution >= 4 is 22.1 Å². The highest BCUT2D eigenvalue weighted by Crippen LogP contribution is 2.04. The molecule has 0 aromatic carbocycles. The monoisotopic (exact) mass is 212 g/mol. The Bertz CT molecular complexity index is 325. The van der Waals surface area contributed by atoms with Crippen LogP contribution in [0.25, 0.3) is 6.20 Å². The van der Waals surface area contributed by atoms with E-state index in [4.69, 9.17) is 0 Å². The van der Waals surface area contributed by atoms with Crippen molar-refractivity contribution in [3.05, 3.63) is 34.9 Å². The lowest BCUT2D eigenvalue weighted by atomic mass is 10.5. The topological polar surface area (TPSA) is 17.3 Å². The standard InChI is InChI=1S/C8H9BrN2/c1-3-11-6-7(9)4-5-8(11)10-2/h3-6H,1H2,2H3/b10-8-. The second-order valence-corrected chi connectivity index (χ2v) is 2.93. The third-order valence-electron chi connectivity index (χ3n) is 1.34. The molecule has 0 aliphatic carbocycles. The first-order chi connectivity index (χ1) is 5.27. The first-order valence-corrected chi connectivity index (χ1v) is 4.00. The van der Waals surface area contributed by atoms with Gasteiger partial charge in [-0.05, 0) is 28.1 Å². The lowest BCUT2D eigenvalue weighted by molar-refractivity contribution is 0.986. The molecule has 0 atom stereocenters. The number of hydrogen-bond donors (Lipinski definition) is 0. The largest absolute Gasteiger partial charge is 0.308 e. The summed E-state index contributed by atoms with van der Waals surface area (Å²) in [5, 5.41) is 0. The fraction of sp³-hybridized carbons (Fsp3) is 0.125. The number of hydrogen-bond acceptors (Lipinski definition) is 1. The zero-order valence-corrected chi connectivity index (χ0v) is 7.87. The van der Waals surface area contributed by atoms with E-state index in [2.05, 4.69) is 27.5 Å². The minimum absolute atomic E-state index is 0.892. The molecule has 2 nitrogen and oxygen atoms in total. The van der Waals surface area contributed by atoms with Gasteiger partial charge >= 0.3 is 0 Å². The molecule has 0 N–H and O–H groups in total. The van der Waals surface area contributed by atoms with Crippen molar-refractivity contribution in [2.45, 2.75) is 0 Å². The van der Waals surface area contributed by atoms with E-state index in [0.717, 1.165) is 9.96 Å². The highest BCUT2D eigenvalue weighted by atomic mass is 79.9. The maximum atomic E-state index is 4.05. The van der Waals surface area contributed by atoms with Crippen LogP contribution in [0, 0.1) is 0 Å². The summed E-state index contributed by atoms with van der Waals surface area (Å²) in [7, 11) is 1.75. The Morgan fingerprint density at radius 2 is 2.36 bits per heavy atom. The molecule has 1 rings (SSSR count). The molecule has 0 aliphatic heterocycles. The van der Waals surface area contributed by atoms with Crippen LogP contribution >= 0.6 is 15.9 Å². The Labute approximate surface area is 74.0 Å². The molecule has 1 aromatic rings. The molecule has 11 heavy (non-hydrogen) atoms. The Kier molecular flexibility index (Phi) is 2.65. The normalized spacial score (nSPS) is 11.6. The van der Waals surface area contributed by atoms with Gasteiger partial charge in [-0.3, -0.25) is 4.99 Å². The quantitative estimate of drug-likeness (QED) is 0.677. The zero-order valence-electron chi connectivity index (χ0n) is 6.29. The van der Waals surface area contributed by atoms with Crippen molar-refractivity contribution in [2.75, 3.05) is 7.05 Å². The van der Waals surface area contributed by atoms with Crippen LogP contribution in [0.1, 0.15) is 0 Å². The molecule has 3 heteroatoms. The van der Waals surface area contributed by atoms with E-state index in [-0.39, 0.29) is 0 Å². The summed E-state index contributed by atoms with van der Waals surface area (Å²) in [6, 6.07) is 3.87. The second-order valence-electron chi connectivity index (χ2n) is 2.02. The lowest BCUT2D eigenvalue weighted by Crippen LogP contribution is -2.14. The first-order valence-electron chi connectivity index (χ1n) is 3.21. The van der Waals surface area contributed by atoms with Crippen LogP contribution in [-0.4, -0.2) is 11.6 Å². The average molecular weight is 213 g/mol. The average Bonchev–Trinajstić information content (AvgIpc) is 2.04. The number of rotatable bonds is 1. The molecule has 0 unspecified atom stereocenters. The summed E-state index contributed by atoms with van der Waals surface area (Å²) < 4.78 is 2.87. The van der Waals surface area contributed by atoms with Crippen molar-refractivity contribution in [1.82, 2.24) is 4.57 Å². The Hall–Kier alpha value is -0.830. The zero-order chi connectivity index (χ0) is 8.27. The summed E-state index contributed by atoms with van der Waals surface area (Å²) >= 11 is 3.36. The third kappa shape index (κ3) is 1.80. The number of halogens is 1. The fourth-order valence-electron chi connectivity index (χ4n) is 0.818. The second kappa shape index (κ2) is 3.53. The summed E-state index contributed by atoms with van der Waals surface area (Å²) in [6.07, 6.45) is 3.63. The van der Waals surface area contributed by atoms with Gasteiger partial charge in [0, 0.05) is 23.9 Å². The van der Waals surface area contributed by atoms with Crippen molar-refractivity contribution in [2.24, 2.45) is 4.99 Å². The smallest absolute Gasteiger partial charge is 0.131 e. The highest BCUT2D eigenvalue weighted by Gasteiger charge is 1.88. The van der Waals surface area contributed by atoms with E-state index in [1.807, 2.05) is 22.9 Å². The maximum absolute atomic E-state index is 4.05. The van der Waals surface area contributed by atoms with E-state index in [1.54, 1.807) is 13.2 Å². The van der Waals surface area contributed by atoms with Crippen LogP contribution in [0.3, 0.4) is 0 Å². The van der Waals surface area contributed by atoms with Gasteiger partial charge in [-0.2, -0.15) is 0 Å². The number of pyridine rings is 1. The third-order valence-corrected chi connectivity index (χ3v) is 1.81. The summed E-state index contributed by atoms with van der Waals surface area (Å²) in [5.41, 5.74) is 0.892.